The van der Waals surface area contributed by atoms with Gasteiger partial charge in [-0.25, -0.2) is 9.98 Å². The molecule has 55 heavy (non-hydrogen) atoms. The molecule has 1 spiro atoms. The highest BCUT2D eigenvalue weighted by Crippen LogP contribution is 2.62. The van der Waals surface area contributed by atoms with Crippen LogP contribution in [0, 0.1) is 0 Å². The number of nitrogens with one attached hydrogen (secondary N) is 1. The molecule has 8 aromatic rings. The molecule has 0 radical (unpaired) electrons. The summed E-state index contributed by atoms with van der Waals surface area (Å²) in [4.78, 5) is 10.6. The molecule has 1 atom stereocenters. The summed E-state index contributed by atoms with van der Waals surface area (Å²) in [6, 6.07) is 72.1. The minimum atomic E-state index is -0.423. The first kappa shape index (κ1) is 31.4. The Labute approximate surface area is 321 Å². The average Bonchev–Trinajstić information content (AvgIpc) is 3.74. The maximum atomic E-state index is 5.36. The third-order valence-corrected chi connectivity index (χ3v) is 11.6. The number of fused-ring (bicyclic) bond motifs is 10. The second-order valence-electron chi connectivity index (χ2n) is 14.5. The zero-order valence-corrected chi connectivity index (χ0v) is 30.0. The SMILES string of the molecule is c1ccc(-c2ccc(C3=NC(c4ccc5c(c4)C4(c6ccccc6-c6ccccc64)c4ccccc4-5)NC(c4ccc(-c5ccccc5)cc4)=N3)cc2)cc1. The molecular formula is C52H35N3. The lowest BCUT2D eigenvalue weighted by atomic mass is 9.70. The molecule has 8 aromatic carbocycles. The summed E-state index contributed by atoms with van der Waals surface area (Å²) >= 11 is 0. The van der Waals surface area contributed by atoms with Crippen molar-refractivity contribution in [2.45, 2.75) is 11.6 Å². The van der Waals surface area contributed by atoms with Gasteiger partial charge in [-0.2, -0.15) is 0 Å². The predicted octanol–water partition coefficient (Wildman–Crippen LogP) is 11.9. The maximum Gasteiger partial charge on any atom is 0.159 e. The molecule has 1 N–H and O–H groups in total. The smallest absolute Gasteiger partial charge is 0.159 e. The summed E-state index contributed by atoms with van der Waals surface area (Å²) < 4.78 is 0. The second-order valence-corrected chi connectivity index (χ2v) is 14.5. The van der Waals surface area contributed by atoms with E-state index in [0.29, 0.717) is 5.84 Å². The van der Waals surface area contributed by atoms with Crippen molar-refractivity contribution in [2.75, 3.05) is 0 Å². The van der Waals surface area contributed by atoms with Crippen LogP contribution in [0.15, 0.2) is 210 Å². The third kappa shape index (κ3) is 4.90. The van der Waals surface area contributed by atoms with Gasteiger partial charge in [0.2, 0.25) is 0 Å². The largest absolute Gasteiger partial charge is 0.344 e. The molecule has 3 nitrogen and oxygen atoms in total. The number of rotatable bonds is 5. The van der Waals surface area contributed by atoms with Gasteiger partial charge in [-0.3, -0.25) is 0 Å². The molecule has 1 heterocycles. The van der Waals surface area contributed by atoms with Crippen molar-refractivity contribution in [3.8, 4) is 44.5 Å². The fraction of sp³-hybridized carbons (Fsp3) is 0.0385. The predicted molar refractivity (Wildman–Crippen MR) is 225 cm³/mol. The van der Waals surface area contributed by atoms with E-state index in [9.17, 15) is 0 Å². The summed E-state index contributed by atoms with van der Waals surface area (Å²) in [6.45, 7) is 0. The highest BCUT2D eigenvalue weighted by molar-refractivity contribution is 6.13. The highest BCUT2D eigenvalue weighted by Gasteiger charge is 2.51. The standard InChI is InChI=1S/C52H35N3/c1-3-13-34(14-4-1)36-23-27-38(28-24-36)49-53-50(39-29-25-37(26-30-39)35-15-5-2-6-16-35)55-51(54-49)40-31-32-44-43-19-9-12-22-47(43)52(48(44)33-40)45-20-10-7-17-41(45)42-18-8-11-21-46(42)52/h1-33,51H,(H,53,54,55). The van der Waals surface area contributed by atoms with Crippen LogP contribution in [0.1, 0.15) is 45.1 Å². The Morgan fingerprint density at radius 1 is 0.364 bits per heavy atom. The Balaban J connectivity index is 1.05. The Morgan fingerprint density at radius 2 is 0.782 bits per heavy atom. The van der Waals surface area contributed by atoms with Gasteiger partial charge in [0.05, 0.1) is 5.41 Å². The van der Waals surface area contributed by atoms with Crippen LogP contribution in [0.4, 0.5) is 0 Å². The molecule has 3 heteroatoms. The molecule has 2 aliphatic carbocycles. The van der Waals surface area contributed by atoms with Crippen LogP contribution in [-0.2, 0) is 5.41 Å². The van der Waals surface area contributed by atoms with Gasteiger partial charge >= 0.3 is 0 Å². The summed E-state index contributed by atoms with van der Waals surface area (Å²) in [5.41, 5.74) is 17.8. The molecule has 1 unspecified atom stereocenters. The first-order chi connectivity index (χ1) is 27.3. The Morgan fingerprint density at radius 3 is 1.31 bits per heavy atom. The van der Waals surface area contributed by atoms with E-state index in [1.165, 1.54) is 61.2 Å². The van der Waals surface area contributed by atoms with E-state index in [0.717, 1.165) is 28.1 Å². The van der Waals surface area contributed by atoms with Gasteiger partial charge in [-0.1, -0.05) is 194 Å². The monoisotopic (exact) mass is 701 g/mol. The first-order valence-corrected chi connectivity index (χ1v) is 18.9. The number of hydrogen-bond donors (Lipinski definition) is 1. The van der Waals surface area contributed by atoms with E-state index in [2.05, 4.69) is 199 Å². The molecule has 11 rings (SSSR count). The normalized spacial score (nSPS) is 15.6. The lowest BCUT2D eigenvalue weighted by Gasteiger charge is -2.31. The van der Waals surface area contributed by atoms with E-state index < -0.39 is 5.41 Å². The van der Waals surface area contributed by atoms with Gasteiger partial charge in [0, 0.05) is 11.1 Å². The maximum absolute atomic E-state index is 5.36. The molecule has 1 aliphatic heterocycles. The molecule has 0 amide bonds. The van der Waals surface area contributed by atoms with Crippen molar-refractivity contribution in [2.24, 2.45) is 9.98 Å². The molecular weight excluding hydrogens is 667 g/mol. The van der Waals surface area contributed by atoms with Crippen LogP contribution in [0.5, 0.6) is 0 Å². The molecule has 0 bridgehead atoms. The first-order valence-electron chi connectivity index (χ1n) is 18.9. The van der Waals surface area contributed by atoms with Gasteiger partial charge in [0.15, 0.2) is 5.84 Å². The van der Waals surface area contributed by atoms with Crippen molar-refractivity contribution in [1.29, 1.82) is 0 Å². The van der Waals surface area contributed by atoms with Crippen molar-refractivity contribution in [3.05, 3.63) is 239 Å². The lowest BCUT2D eigenvalue weighted by Crippen LogP contribution is -2.34. The van der Waals surface area contributed by atoms with E-state index in [1.54, 1.807) is 0 Å². The van der Waals surface area contributed by atoms with E-state index in [4.69, 9.17) is 9.98 Å². The Bertz CT molecular complexity index is 2750. The Hall–Kier alpha value is -7.10. The van der Waals surface area contributed by atoms with Crippen LogP contribution in [0.25, 0.3) is 44.5 Å². The highest BCUT2D eigenvalue weighted by atomic mass is 15.2. The summed E-state index contributed by atoms with van der Waals surface area (Å²) in [6.07, 6.45) is -0.358. The summed E-state index contributed by atoms with van der Waals surface area (Å²) in [5, 5.41) is 3.77. The number of nitrogens with zero attached hydrogens (tertiary/aromatic N) is 2. The van der Waals surface area contributed by atoms with E-state index in [1.807, 2.05) is 6.07 Å². The minimum Gasteiger partial charge on any atom is -0.344 e. The van der Waals surface area contributed by atoms with Gasteiger partial charge < -0.3 is 5.32 Å². The molecule has 258 valence electrons. The topological polar surface area (TPSA) is 36.8 Å². The van der Waals surface area contributed by atoms with Crippen molar-refractivity contribution in [3.63, 3.8) is 0 Å². The van der Waals surface area contributed by atoms with Crippen molar-refractivity contribution < 1.29 is 0 Å². The number of aliphatic imine (C=N–C) groups is 2. The minimum absolute atomic E-state index is 0.358. The number of hydrogen-bond acceptors (Lipinski definition) is 3. The molecule has 0 aromatic heterocycles. The number of benzene rings is 8. The summed E-state index contributed by atoms with van der Waals surface area (Å²) in [5.74, 6) is 1.51. The zero-order chi connectivity index (χ0) is 36.3. The lowest BCUT2D eigenvalue weighted by molar-refractivity contribution is 0.670. The van der Waals surface area contributed by atoms with E-state index >= 15 is 0 Å². The molecule has 0 saturated heterocycles. The van der Waals surface area contributed by atoms with Crippen LogP contribution < -0.4 is 5.32 Å². The van der Waals surface area contributed by atoms with Crippen LogP contribution in [0.2, 0.25) is 0 Å². The average molecular weight is 702 g/mol. The second kappa shape index (κ2) is 12.5. The Kier molecular flexibility index (Phi) is 7.14. The van der Waals surface area contributed by atoms with Crippen LogP contribution in [-0.4, -0.2) is 11.7 Å². The zero-order valence-electron chi connectivity index (χ0n) is 30.0. The van der Waals surface area contributed by atoms with Crippen molar-refractivity contribution in [1.82, 2.24) is 5.32 Å². The van der Waals surface area contributed by atoms with Crippen LogP contribution in [0.3, 0.4) is 0 Å². The fourth-order valence-corrected chi connectivity index (χ4v) is 9.07. The molecule has 0 saturated carbocycles. The fourth-order valence-electron chi connectivity index (χ4n) is 9.07. The van der Waals surface area contributed by atoms with Gasteiger partial charge in [0.25, 0.3) is 0 Å². The van der Waals surface area contributed by atoms with E-state index in [-0.39, 0.29) is 6.17 Å². The number of amidine groups is 2. The quantitative estimate of drug-likeness (QED) is 0.191. The van der Waals surface area contributed by atoms with Gasteiger partial charge in [-0.15, -0.1) is 0 Å². The van der Waals surface area contributed by atoms with Crippen LogP contribution >= 0.6 is 0 Å². The summed E-state index contributed by atoms with van der Waals surface area (Å²) in [7, 11) is 0. The third-order valence-electron chi connectivity index (χ3n) is 11.6. The van der Waals surface area contributed by atoms with Gasteiger partial charge in [0.1, 0.15) is 12.0 Å². The van der Waals surface area contributed by atoms with Gasteiger partial charge in [-0.05, 0) is 78.4 Å². The molecule has 3 aliphatic rings. The van der Waals surface area contributed by atoms with Crippen molar-refractivity contribution >= 4 is 11.7 Å². The molecule has 0 fully saturated rings.